The van der Waals surface area contributed by atoms with E-state index in [2.05, 4.69) is 5.16 Å². The number of anilines is 1. The molecule has 0 spiro atoms. The zero-order valence-corrected chi connectivity index (χ0v) is 11.6. The highest BCUT2D eigenvalue weighted by atomic mass is 16.4. The number of hydrogen-bond donors (Lipinski definition) is 3. The summed E-state index contributed by atoms with van der Waals surface area (Å²) in [6.07, 6.45) is 5.00. The highest BCUT2D eigenvalue weighted by Crippen LogP contribution is 2.21. The van der Waals surface area contributed by atoms with E-state index in [-0.39, 0.29) is 5.75 Å². The lowest BCUT2D eigenvalue weighted by Gasteiger charge is -2.02. The number of rotatable bonds is 5. The molecule has 2 aromatic rings. The Morgan fingerprint density at radius 2 is 1.90 bits per heavy atom. The first-order valence-corrected chi connectivity index (χ1v) is 6.70. The number of aromatic hydroxyl groups is 1. The summed E-state index contributed by atoms with van der Waals surface area (Å²) in [4.78, 5) is 0. The number of aryl methyl sites for hydroxylation is 1. The van der Waals surface area contributed by atoms with Gasteiger partial charge in [0.05, 0.1) is 11.4 Å². The van der Waals surface area contributed by atoms with Crippen LogP contribution in [-0.4, -0.2) is 16.0 Å². The van der Waals surface area contributed by atoms with Crippen LogP contribution in [0.25, 0.3) is 6.08 Å². The quantitative estimate of drug-likeness (QED) is 0.258. The highest BCUT2D eigenvalue weighted by molar-refractivity contribution is 5.98. The second kappa shape index (κ2) is 7.14. The van der Waals surface area contributed by atoms with Crippen molar-refractivity contribution in [2.24, 2.45) is 5.16 Å². The van der Waals surface area contributed by atoms with Crippen LogP contribution in [0, 0.1) is 0 Å². The van der Waals surface area contributed by atoms with Crippen LogP contribution in [0.3, 0.4) is 0 Å². The van der Waals surface area contributed by atoms with Crippen molar-refractivity contribution in [2.45, 2.75) is 12.8 Å². The van der Waals surface area contributed by atoms with Crippen LogP contribution in [-0.2, 0) is 6.42 Å². The number of nitrogens with two attached hydrogens (primary N) is 1. The zero-order valence-electron chi connectivity index (χ0n) is 11.6. The average Bonchev–Trinajstić information content (AvgIpc) is 2.52. The predicted molar refractivity (Wildman–Crippen MR) is 85.5 cm³/mol. The summed E-state index contributed by atoms with van der Waals surface area (Å²) in [5.41, 5.74) is 8.58. The zero-order chi connectivity index (χ0) is 15.1. The van der Waals surface area contributed by atoms with Crippen molar-refractivity contribution in [3.63, 3.8) is 0 Å². The molecule has 0 radical (unpaired) electrons. The largest absolute Gasteiger partial charge is 0.506 e. The molecule has 2 rings (SSSR count). The van der Waals surface area contributed by atoms with E-state index in [4.69, 9.17) is 10.9 Å². The van der Waals surface area contributed by atoms with Crippen molar-refractivity contribution in [1.29, 1.82) is 0 Å². The van der Waals surface area contributed by atoms with E-state index in [0.29, 0.717) is 17.8 Å². The van der Waals surface area contributed by atoms with Gasteiger partial charge >= 0.3 is 0 Å². The molecule has 0 atom stereocenters. The van der Waals surface area contributed by atoms with Crippen LogP contribution < -0.4 is 5.73 Å². The molecule has 0 aliphatic heterocycles. The number of nitrogen functional groups attached to an aromatic ring is 1. The molecule has 0 aromatic heterocycles. The first-order valence-electron chi connectivity index (χ1n) is 6.70. The topological polar surface area (TPSA) is 78.8 Å². The second-order valence-electron chi connectivity index (χ2n) is 4.73. The molecule has 4 nitrogen and oxygen atoms in total. The number of allylic oxidation sites excluding steroid dienone is 1. The van der Waals surface area contributed by atoms with Gasteiger partial charge in [-0.25, -0.2) is 0 Å². The molecule has 0 unspecified atom stereocenters. The molecule has 0 aliphatic carbocycles. The van der Waals surface area contributed by atoms with Crippen LogP contribution in [0.4, 0.5) is 5.69 Å². The molecule has 108 valence electrons. The molecule has 0 saturated carbocycles. The third-order valence-electron chi connectivity index (χ3n) is 3.16. The summed E-state index contributed by atoms with van der Waals surface area (Å²) >= 11 is 0. The standard InChI is InChI=1S/C17H18N2O2/c18-16-12-14(8-11-17(16)20)7-10-15(19-21)9-6-13-4-2-1-3-5-13/h1-5,7-8,10-12,20-21H,6,9,18H2/b10-7+,19-15+. The van der Waals surface area contributed by atoms with Crippen LogP contribution in [0.1, 0.15) is 17.5 Å². The Labute approximate surface area is 123 Å². The summed E-state index contributed by atoms with van der Waals surface area (Å²) in [6.45, 7) is 0. The van der Waals surface area contributed by atoms with E-state index < -0.39 is 0 Å². The van der Waals surface area contributed by atoms with Gasteiger partial charge in [0, 0.05) is 0 Å². The molecule has 0 aliphatic rings. The Hall–Kier alpha value is -2.75. The number of oxime groups is 1. The molecule has 4 N–H and O–H groups in total. The fourth-order valence-corrected chi connectivity index (χ4v) is 1.95. The summed E-state index contributed by atoms with van der Waals surface area (Å²) in [7, 11) is 0. The smallest absolute Gasteiger partial charge is 0.138 e. The number of nitrogens with zero attached hydrogens (tertiary/aromatic N) is 1. The third-order valence-corrected chi connectivity index (χ3v) is 3.16. The van der Waals surface area contributed by atoms with Gasteiger partial charge in [0.15, 0.2) is 0 Å². The van der Waals surface area contributed by atoms with Crippen molar-refractivity contribution in [3.8, 4) is 5.75 Å². The van der Waals surface area contributed by atoms with Gasteiger partial charge in [-0.3, -0.25) is 0 Å². The lowest BCUT2D eigenvalue weighted by atomic mass is 10.1. The fraction of sp³-hybridized carbons (Fsp3) is 0.118. The van der Waals surface area contributed by atoms with E-state index in [1.165, 1.54) is 11.6 Å². The molecule has 0 fully saturated rings. The maximum atomic E-state index is 9.36. The van der Waals surface area contributed by atoms with Crippen molar-refractivity contribution >= 4 is 17.5 Å². The van der Waals surface area contributed by atoms with Gasteiger partial charge in [0.1, 0.15) is 5.75 Å². The maximum Gasteiger partial charge on any atom is 0.138 e. The first kappa shape index (κ1) is 14.7. The molecular formula is C17H18N2O2. The molecule has 4 heteroatoms. The van der Waals surface area contributed by atoms with E-state index in [1.807, 2.05) is 30.3 Å². The van der Waals surface area contributed by atoms with Gasteiger partial charge in [-0.15, -0.1) is 0 Å². The summed E-state index contributed by atoms with van der Waals surface area (Å²) < 4.78 is 0. The summed E-state index contributed by atoms with van der Waals surface area (Å²) in [5, 5.41) is 21.7. The van der Waals surface area contributed by atoms with Gasteiger partial charge in [-0.1, -0.05) is 47.6 Å². The Balaban J connectivity index is 1.98. The van der Waals surface area contributed by atoms with Crippen molar-refractivity contribution in [3.05, 3.63) is 65.7 Å². The minimum absolute atomic E-state index is 0.0623. The summed E-state index contributed by atoms with van der Waals surface area (Å²) in [6, 6.07) is 15.0. The summed E-state index contributed by atoms with van der Waals surface area (Å²) in [5.74, 6) is 0.0623. The van der Waals surface area contributed by atoms with E-state index >= 15 is 0 Å². The third kappa shape index (κ3) is 4.38. The van der Waals surface area contributed by atoms with Crippen molar-refractivity contribution in [2.75, 3.05) is 5.73 Å². The molecule has 2 aromatic carbocycles. The fourth-order valence-electron chi connectivity index (χ4n) is 1.95. The number of benzene rings is 2. The van der Waals surface area contributed by atoms with E-state index in [9.17, 15) is 5.11 Å². The molecule has 0 saturated heterocycles. The number of phenolic OH excluding ortho intramolecular Hbond substituents is 1. The molecule has 0 heterocycles. The maximum absolute atomic E-state index is 9.36. The molecular weight excluding hydrogens is 264 g/mol. The van der Waals surface area contributed by atoms with Crippen molar-refractivity contribution in [1.82, 2.24) is 0 Å². The van der Waals surface area contributed by atoms with Crippen LogP contribution in [0.2, 0.25) is 0 Å². The molecule has 21 heavy (non-hydrogen) atoms. The van der Waals surface area contributed by atoms with E-state index in [1.54, 1.807) is 24.3 Å². The van der Waals surface area contributed by atoms with Crippen LogP contribution in [0.5, 0.6) is 5.75 Å². The minimum Gasteiger partial charge on any atom is -0.506 e. The van der Waals surface area contributed by atoms with Gasteiger partial charge in [0.25, 0.3) is 0 Å². The van der Waals surface area contributed by atoms with Gasteiger partial charge in [-0.05, 0) is 42.2 Å². The van der Waals surface area contributed by atoms with Crippen LogP contribution >= 0.6 is 0 Å². The lowest BCUT2D eigenvalue weighted by molar-refractivity contribution is 0.318. The minimum atomic E-state index is 0.0623. The molecule has 0 bridgehead atoms. The Kier molecular flexibility index (Phi) is 4.99. The predicted octanol–water partition coefficient (Wildman–Crippen LogP) is 3.45. The number of phenols is 1. The Bertz CT molecular complexity index is 649. The van der Waals surface area contributed by atoms with Gasteiger partial charge in [-0.2, -0.15) is 0 Å². The van der Waals surface area contributed by atoms with Gasteiger partial charge in [0.2, 0.25) is 0 Å². The normalized spacial score (nSPS) is 11.9. The van der Waals surface area contributed by atoms with Crippen molar-refractivity contribution < 1.29 is 10.3 Å². The lowest BCUT2D eigenvalue weighted by Crippen LogP contribution is -1.97. The molecule has 0 amide bonds. The van der Waals surface area contributed by atoms with E-state index in [0.717, 1.165) is 12.0 Å². The Morgan fingerprint density at radius 1 is 1.14 bits per heavy atom. The SMILES string of the molecule is Nc1cc(/C=C/C(CCc2ccccc2)=N/O)ccc1O. The highest BCUT2D eigenvalue weighted by Gasteiger charge is 1.99. The number of hydrogen-bond acceptors (Lipinski definition) is 4. The van der Waals surface area contributed by atoms with Gasteiger partial charge < -0.3 is 16.0 Å². The Morgan fingerprint density at radius 3 is 2.57 bits per heavy atom. The van der Waals surface area contributed by atoms with Crippen LogP contribution in [0.15, 0.2) is 59.8 Å². The first-order chi connectivity index (χ1) is 10.2. The average molecular weight is 282 g/mol. The second-order valence-corrected chi connectivity index (χ2v) is 4.73. The monoisotopic (exact) mass is 282 g/mol.